The number of unbranched alkanes of at least 4 members (excludes halogenated alkanes) is 1. The van der Waals surface area contributed by atoms with Gasteiger partial charge in [-0.15, -0.1) is 16.4 Å². The minimum absolute atomic E-state index is 0.687. The molecule has 27 heavy (non-hydrogen) atoms. The molecule has 0 aliphatic rings. The lowest BCUT2D eigenvalue weighted by molar-refractivity contribution is 0.540. The fourth-order valence-electron chi connectivity index (χ4n) is 2.84. The Bertz CT molecular complexity index is 1040. The van der Waals surface area contributed by atoms with E-state index in [1.54, 1.807) is 29.4 Å². The van der Waals surface area contributed by atoms with E-state index in [0.717, 1.165) is 40.5 Å². The van der Waals surface area contributed by atoms with E-state index < -0.39 is 0 Å². The van der Waals surface area contributed by atoms with Gasteiger partial charge in [-0.05, 0) is 29.3 Å². The van der Waals surface area contributed by atoms with E-state index >= 15 is 0 Å². The Kier molecular flexibility index (Phi) is 5.45. The zero-order chi connectivity index (χ0) is 18.6. The van der Waals surface area contributed by atoms with Gasteiger partial charge in [0.25, 0.3) is 0 Å². The first-order chi connectivity index (χ1) is 13.3. The maximum atomic E-state index is 4.55. The Morgan fingerprint density at radius 3 is 2.81 bits per heavy atom. The van der Waals surface area contributed by atoms with Crippen LogP contribution in [0.3, 0.4) is 0 Å². The number of nitrogens with zero attached hydrogens (tertiary/aromatic N) is 6. The topological polar surface area (TPSA) is 69.4 Å². The van der Waals surface area contributed by atoms with Crippen LogP contribution in [0.15, 0.2) is 41.0 Å². The molecule has 0 saturated carbocycles. The van der Waals surface area contributed by atoms with Crippen LogP contribution in [-0.2, 0) is 12.3 Å². The van der Waals surface area contributed by atoms with Gasteiger partial charge in [-0.1, -0.05) is 54.9 Å². The average molecular weight is 397 g/mol. The highest BCUT2D eigenvalue weighted by Crippen LogP contribution is 2.38. The molecule has 0 fully saturated rings. The van der Waals surface area contributed by atoms with Crippen molar-refractivity contribution in [2.75, 3.05) is 0 Å². The standard InChI is InChI=1S/C19H20N6S2/c1-3-4-9-25-16(22-23-24-25)11-27-19-17-15(10-26-18(17)20-12-21-19)14-7-5-13(2)6-8-14/h5-8,10,12H,3-4,9,11H2,1-2H3. The third-order valence-corrected chi connectivity index (χ3v) is 6.24. The van der Waals surface area contributed by atoms with Crippen molar-refractivity contribution >= 4 is 33.3 Å². The third kappa shape index (κ3) is 3.86. The lowest BCUT2D eigenvalue weighted by Crippen LogP contribution is -2.05. The Morgan fingerprint density at radius 1 is 1.15 bits per heavy atom. The molecule has 0 amide bonds. The predicted molar refractivity (Wildman–Crippen MR) is 110 cm³/mol. The monoisotopic (exact) mass is 396 g/mol. The van der Waals surface area contributed by atoms with Crippen LogP contribution in [0.1, 0.15) is 31.2 Å². The average Bonchev–Trinajstić information content (AvgIpc) is 3.32. The summed E-state index contributed by atoms with van der Waals surface area (Å²) >= 11 is 3.32. The minimum atomic E-state index is 0.687. The Morgan fingerprint density at radius 2 is 2.00 bits per heavy atom. The number of aromatic nitrogens is 6. The number of thioether (sulfide) groups is 1. The van der Waals surface area contributed by atoms with E-state index in [9.17, 15) is 0 Å². The van der Waals surface area contributed by atoms with E-state index in [0.29, 0.717) is 5.75 Å². The molecule has 0 spiro atoms. The number of thiophene rings is 1. The predicted octanol–water partition coefficient (Wildman–Crippen LogP) is 4.75. The summed E-state index contributed by atoms with van der Waals surface area (Å²) in [6, 6.07) is 8.59. The van der Waals surface area contributed by atoms with Gasteiger partial charge < -0.3 is 0 Å². The maximum Gasteiger partial charge on any atom is 0.161 e. The fourth-order valence-corrected chi connectivity index (χ4v) is 4.77. The summed E-state index contributed by atoms with van der Waals surface area (Å²) in [5, 5.41) is 16.4. The smallest absolute Gasteiger partial charge is 0.161 e. The van der Waals surface area contributed by atoms with Gasteiger partial charge in [-0.3, -0.25) is 0 Å². The zero-order valence-corrected chi connectivity index (χ0v) is 16.9. The summed E-state index contributed by atoms with van der Waals surface area (Å²) in [6.07, 6.45) is 3.83. The molecule has 0 bridgehead atoms. The highest BCUT2D eigenvalue weighted by molar-refractivity contribution is 7.98. The molecule has 138 valence electrons. The van der Waals surface area contributed by atoms with E-state index in [2.05, 4.69) is 69.0 Å². The molecule has 1 aromatic carbocycles. The highest BCUT2D eigenvalue weighted by atomic mass is 32.2. The molecular formula is C19H20N6S2. The third-order valence-electron chi connectivity index (χ3n) is 4.37. The Balaban J connectivity index is 1.63. The second kappa shape index (κ2) is 8.14. The number of tetrazole rings is 1. The fraction of sp³-hybridized carbons (Fsp3) is 0.316. The van der Waals surface area contributed by atoms with Crippen LogP contribution >= 0.6 is 23.1 Å². The molecule has 6 nitrogen and oxygen atoms in total. The molecular weight excluding hydrogens is 376 g/mol. The summed E-state index contributed by atoms with van der Waals surface area (Å²) in [7, 11) is 0. The summed E-state index contributed by atoms with van der Waals surface area (Å²) < 4.78 is 1.89. The lowest BCUT2D eigenvalue weighted by Gasteiger charge is -2.06. The SMILES string of the molecule is CCCCn1nnnc1CSc1ncnc2scc(-c3ccc(C)cc3)c12. The summed E-state index contributed by atoms with van der Waals surface area (Å²) in [5.41, 5.74) is 3.63. The van der Waals surface area contributed by atoms with Gasteiger partial charge in [0, 0.05) is 17.5 Å². The van der Waals surface area contributed by atoms with Gasteiger partial charge in [0.15, 0.2) is 5.82 Å². The first kappa shape index (κ1) is 18.1. The molecule has 0 saturated heterocycles. The van der Waals surface area contributed by atoms with Crippen molar-refractivity contribution in [3.8, 4) is 11.1 Å². The first-order valence-corrected chi connectivity index (χ1v) is 10.8. The number of rotatable bonds is 7. The summed E-state index contributed by atoms with van der Waals surface area (Å²) in [4.78, 5) is 10.0. The van der Waals surface area contributed by atoms with Crippen molar-refractivity contribution in [2.45, 2.75) is 44.0 Å². The second-order valence-corrected chi connectivity index (χ2v) is 8.16. The van der Waals surface area contributed by atoms with E-state index in [1.807, 2.05) is 4.68 Å². The van der Waals surface area contributed by atoms with Gasteiger partial charge in [0.05, 0.1) is 11.1 Å². The van der Waals surface area contributed by atoms with Gasteiger partial charge in [0.2, 0.25) is 0 Å². The molecule has 4 aromatic rings. The molecule has 3 heterocycles. The summed E-state index contributed by atoms with van der Waals surface area (Å²) in [6.45, 7) is 5.12. The maximum absolute atomic E-state index is 4.55. The molecule has 4 rings (SSSR count). The van der Waals surface area contributed by atoms with Crippen LogP contribution in [0.4, 0.5) is 0 Å². The number of aryl methyl sites for hydroxylation is 2. The molecule has 0 aliphatic heterocycles. The van der Waals surface area contributed by atoms with Gasteiger partial charge >= 0.3 is 0 Å². The van der Waals surface area contributed by atoms with Crippen molar-refractivity contribution in [3.05, 3.63) is 47.4 Å². The van der Waals surface area contributed by atoms with Crippen LogP contribution in [0.5, 0.6) is 0 Å². The van der Waals surface area contributed by atoms with E-state index in [-0.39, 0.29) is 0 Å². The number of hydrogen-bond acceptors (Lipinski definition) is 7. The van der Waals surface area contributed by atoms with Gasteiger partial charge in [-0.25, -0.2) is 14.6 Å². The first-order valence-electron chi connectivity index (χ1n) is 8.93. The zero-order valence-electron chi connectivity index (χ0n) is 15.3. The molecule has 0 unspecified atom stereocenters. The number of fused-ring (bicyclic) bond motifs is 1. The Labute approximate surface area is 166 Å². The quantitative estimate of drug-likeness (QED) is 0.332. The van der Waals surface area contributed by atoms with Gasteiger partial charge in [-0.2, -0.15) is 0 Å². The minimum Gasteiger partial charge on any atom is -0.229 e. The van der Waals surface area contributed by atoms with Crippen LogP contribution < -0.4 is 0 Å². The van der Waals surface area contributed by atoms with Crippen LogP contribution in [0.2, 0.25) is 0 Å². The van der Waals surface area contributed by atoms with Crippen LogP contribution in [0.25, 0.3) is 21.3 Å². The van der Waals surface area contributed by atoms with Crippen molar-refractivity contribution in [2.24, 2.45) is 0 Å². The van der Waals surface area contributed by atoms with Crippen LogP contribution in [-0.4, -0.2) is 30.2 Å². The largest absolute Gasteiger partial charge is 0.229 e. The van der Waals surface area contributed by atoms with Crippen molar-refractivity contribution in [1.82, 2.24) is 30.2 Å². The Hall–Kier alpha value is -2.32. The molecule has 0 N–H and O–H groups in total. The number of benzene rings is 1. The van der Waals surface area contributed by atoms with Crippen molar-refractivity contribution in [1.29, 1.82) is 0 Å². The summed E-state index contributed by atoms with van der Waals surface area (Å²) in [5.74, 6) is 1.57. The molecule has 0 atom stereocenters. The normalized spacial score (nSPS) is 11.3. The highest BCUT2D eigenvalue weighted by Gasteiger charge is 2.15. The number of hydrogen-bond donors (Lipinski definition) is 0. The van der Waals surface area contributed by atoms with E-state index in [1.165, 1.54) is 16.7 Å². The van der Waals surface area contributed by atoms with Crippen molar-refractivity contribution < 1.29 is 0 Å². The molecule has 0 radical (unpaired) electrons. The molecule has 8 heteroatoms. The second-order valence-electron chi connectivity index (χ2n) is 6.33. The van der Waals surface area contributed by atoms with E-state index in [4.69, 9.17) is 0 Å². The van der Waals surface area contributed by atoms with Crippen LogP contribution in [0, 0.1) is 6.92 Å². The lowest BCUT2D eigenvalue weighted by atomic mass is 10.1. The molecule has 0 aliphatic carbocycles. The van der Waals surface area contributed by atoms with Gasteiger partial charge in [0.1, 0.15) is 16.2 Å². The molecule has 3 aromatic heterocycles. The van der Waals surface area contributed by atoms with Crippen molar-refractivity contribution in [3.63, 3.8) is 0 Å².